The van der Waals surface area contributed by atoms with Crippen LogP contribution in [-0.4, -0.2) is 42.9 Å². The molecular weight excluding hydrogens is 398 g/mol. The molecular formula is C20H20BrNO4. The fraction of sp³-hybridized carbons (Fsp3) is 0.300. The van der Waals surface area contributed by atoms with Crippen LogP contribution < -0.4 is 9.47 Å². The molecule has 0 aromatic heterocycles. The second-order valence-electron chi connectivity index (χ2n) is 6.20. The first-order valence-electron chi connectivity index (χ1n) is 8.44. The number of ketones is 1. The van der Waals surface area contributed by atoms with E-state index in [0.29, 0.717) is 24.5 Å². The van der Waals surface area contributed by atoms with Gasteiger partial charge in [-0.1, -0.05) is 40.2 Å². The lowest BCUT2D eigenvalue weighted by Gasteiger charge is -2.29. The summed E-state index contributed by atoms with van der Waals surface area (Å²) in [4.78, 5) is 26.1. The summed E-state index contributed by atoms with van der Waals surface area (Å²) < 4.78 is 12.4. The fourth-order valence-corrected chi connectivity index (χ4v) is 3.02. The molecule has 0 saturated heterocycles. The fourth-order valence-electron chi connectivity index (χ4n) is 2.75. The van der Waals surface area contributed by atoms with Gasteiger partial charge in [-0.05, 0) is 24.3 Å². The number of hydrogen-bond acceptors (Lipinski definition) is 4. The molecule has 1 unspecified atom stereocenters. The lowest BCUT2D eigenvalue weighted by molar-refractivity contribution is -0.131. The van der Waals surface area contributed by atoms with Crippen LogP contribution in [0.3, 0.4) is 0 Å². The van der Waals surface area contributed by atoms with Gasteiger partial charge < -0.3 is 14.4 Å². The third kappa shape index (κ3) is 4.64. The van der Waals surface area contributed by atoms with Gasteiger partial charge in [0.15, 0.2) is 23.4 Å². The molecule has 1 aliphatic rings. The number of likely N-dealkylation sites (N-methyl/N-ethyl adjacent to an activating group) is 1. The highest BCUT2D eigenvalue weighted by molar-refractivity contribution is 9.10. The van der Waals surface area contributed by atoms with Crippen LogP contribution in [-0.2, 0) is 4.79 Å². The molecule has 2 aromatic rings. The van der Waals surface area contributed by atoms with Crippen molar-refractivity contribution in [3.05, 3.63) is 58.6 Å². The first kappa shape index (κ1) is 18.5. The predicted octanol–water partition coefficient (Wildman–Crippen LogP) is 3.71. The molecule has 5 nitrogen and oxygen atoms in total. The van der Waals surface area contributed by atoms with Crippen molar-refractivity contribution in [3.8, 4) is 11.5 Å². The maximum absolute atomic E-state index is 12.3. The molecule has 1 aliphatic heterocycles. The normalized spacial score (nSPS) is 15.4. The van der Waals surface area contributed by atoms with Gasteiger partial charge in [0.25, 0.3) is 0 Å². The molecule has 0 aliphatic carbocycles. The van der Waals surface area contributed by atoms with Gasteiger partial charge in [-0.2, -0.15) is 0 Å². The molecule has 3 rings (SSSR count). The van der Waals surface area contributed by atoms with E-state index in [-0.39, 0.29) is 30.6 Å². The summed E-state index contributed by atoms with van der Waals surface area (Å²) in [6.07, 6.45) is 0.145. The Kier molecular flexibility index (Phi) is 5.93. The standard InChI is InChI=1S/C20H20BrNO4/c1-22(12-16-13-25-18-4-2-3-5-19(18)26-16)20(24)11-10-17(23)14-6-8-15(21)9-7-14/h2-9,16H,10-13H2,1H3. The number of para-hydroxylation sites is 2. The number of amides is 1. The highest BCUT2D eigenvalue weighted by Gasteiger charge is 2.23. The molecule has 0 radical (unpaired) electrons. The minimum absolute atomic E-state index is 0.0366. The number of fused-ring (bicyclic) bond motifs is 1. The molecule has 0 saturated carbocycles. The van der Waals surface area contributed by atoms with Crippen molar-refractivity contribution < 1.29 is 19.1 Å². The summed E-state index contributed by atoms with van der Waals surface area (Å²) in [6.45, 7) is 0.812. The number of hydrogen-bond donors (Lipinski definition) is 0. The van der Waals surface area contributed by atoms with E-state index < -0.39 is 0 Å². The zero-order valence-electron chi connectivity index (χ0n) is 14.5. The molecule has 1 amide bonds. The molecule has 0 fully saturated rings. The van der Waals surface area contributed by atoms with Gasteiger partial charge in [-0.3, -0.25) is 9.59 Å². The third-order valence-corrected chi connectivity index (χ3v) is 4.73. The van der Waals surface area contributed by atoms with E-state index in [1.807, 2.05) is 36.4 Å². The Morgan fingerprint density at radius 2 is 1.77 bits per heavy atom. The first-order chi connectivity index (χ1) is 12.5. The van der Waals surface area contributed by atoms with E-state index >= 15 is 0 Å². The number of rotatable bonds is 6. The highest BCUT2D eigenvalue weighted by atomic mass is 79.9. The second kappa shape index (κ2) is 8.36. The van der Waals surface area contributed by atoms with E-state index in [2.05, 4.69) is 15.9 Å². The van der Waals surface area contributed by atoms with Crippen molar-refractivity contribution in [1.82, 2.24) is 4.90 Å². The first-order valence-corrected chi connectivity index (χ1v) is 9.23. The molecule has 1 heterocycles. The van der Waals surface area contributed by atoms with Crippen LogP contribution in [0, 0.1) is 0 Å². The van der Waals surface area contributed by atoms with E-state index in [4.69, 9.17) is 9.47 Å². The van der Waals surface area contributed by atoms with Crippen molar-refractivity contribution in [2.75, 3.05) is 20.2 Å². The van der Waals surface area contributed by atoms with Crippen LogP contribution in [0.5, 0.6) is 11.5 Å². The van der Waals surface area contributed by atoms with Crippen LogP contribution in [0.2, 0.25) is 0 Å². The predicted molar refractivity (Wildman–Crippen MR) is 102 cm³/mol. The summed E-state index contributed by atoms with van der Waals surface area (Å²) in [5.74, 6) is 1.29. The summed E-state index contributed by atoms with van der Waals surface area (Å²) in [5.41, 5.74) is 0.615. The Morgan fingerprint density at radius 1 is 1.08 bits per heavy atom. The lowest BCUT2D eigenvalue weighted by Crippen LogP contribution is -2.41. The molecule has 0 bridgehead atoms. The molecule has 2 aromatic carbocycles. The van der Waals surface area contributed by atoms with Crippen LogP contribution in [0.25, 0.3) is 0 Å². The van der Waals surface area contributed by atoms with Gasteiger partial charge in [0, 0.05) is 29.9 Å². The SMILES string of the molecule is CN(CC1COc2ccccc2O1)C(=O)CCC(=O)c1ccc(Br)cc1. The van der Waals surface area contributed by atoms with Crippen molar-refractivity contribution in [2.24, 2.45) is 0 Å². The maximum atomic E-state index is 12.3. The number of halogens is 1. The van der Waals surface area contributed by atoms with E-state index in [1.54, 1.807) is 24.1 Å². The number of Topliss-reactive ketones (excluding diaryl/α,β-unsaturated/α-hetero) is 1. The lowest BCUT2D eigenvalue weighted by atomic mass is 10.1. The average Bonchev–Trinajstić information content (AvgIpc) is 2.66. The van der Waals surface area contributed by atoms with Crippen molar-refractivity contribution in [1.29, 1.82) is 0 Å². The smallest absolute Gasteiger partial charge is 0.222 e. The molecule has 0 N–H and O–H groups in total. The summed E-state index contributed by atoms with van der Waals surface area (Å²) in [6, 6.07) is 14.6. The number of benzene rings is 2. The summed E-state index contributed by atoms with van der Waals surface area (Å²) in [7, 11) is 1.72. The maximum Gasteiger partial charge on any atom is 0.222 e. The summed E-state index contributed by atoms with van der Waals surface area (Å²) in [5, 5.41) is 0. The van der Waals surface area contributed by atoms with Gasteiger partial charge in [0.05, 0.1) is 6.54 Å². The van der Waals surface area contributed by atoms with Gasteiger partial charge >= 0.3 is 0 Å². The van der Waals surface area contributed by atoms with Crippen LogP contribution in [0.15, 0.2) is 53.0 Å². The Labute approximate surface area is 161 Å². The number of carbonyl (C=O) groups is 2. The molecule has 1 atom stereocenters. The Morgan fingerprint density at radius 3 is 2.50 bits per heavy atom. The second-order valence-corrected chi connectivity index (χ2v) is 7.12. The van der Waals surface area contributed by atoms with Crippen LogP contribution >= 0.6 is 15.9 Å². The Bertz CT molecular complexity index is 791. The van der Waals surface area contributed by atoms with Gasteiger partial charge in [0.2, 0.25) is 5.91 Å². The van der Waals surface area contributed by atoms with Gasteiger partial charge in [-0.15, -0.1) is 0 Å². The zero-order chi connectivity index (χ0) is 18.5. The number of carbonyl (C=O) groups excluding carboxylic acids is 2. The van der Waals surface area contributed by atoms with Crippen molar-refractivity contribution in [2.45, 2.75) is 18.9 Å². The topological polar surface area (TPSA) is 55.8 Å². The molecule has 26 heavy (non-hydrogen) atoms. The molecule has 0 spiro atoms. The van der Waals surface area contributed by atoms with E-state index in [1.165, 1.54) is 0 Å². The minimum Gasteiger partial charge on any atom is -0.486 e. The van der Waals surface area contributed by atoms with E-state index in [0.717, 1.165) is 10.2 Å². The van der Waals surface area contributed by atoms with Gasteiger partial charge in [-0.25, -0.2) is 0 Å². The summed E-state index contributed by atoms with van der Waals surface area (Å²) >= 11 is 3.34. The van der Waals surface area contributed by atoms with E-state index in [9.17, 15) is 9.59 Å². The number of ether oxygens (including phenoxy) is 2. The minimum atomic E-state index is -0.221. The highest BCUT2D eigenvalue weighted by Crippen LogP contribution is 2.31. The Balaban J connectivity index is 1.47. The molecule has 6 heteroatoms. The third-order valence-electron chi connectivity index (χ3n) is 4.20. The van der Waals surface area contributed by atoms with Crippen LogP contribution in [0.4, 0.5) is 0 Å². The largest absolute Gasteiger partial charge is 0.486 e. The van der Waals surface area contributed by atoms with Crippen molar-refractivity contribution >= 4 is 27.6 Å². The van der Waals surface area contributed by atoms with Crippen LogP contribution in [0.1, 0.15) is 23.2 Å². The van der Waals surface area contributed by atoms with Gasteiger partial charge in [0.1, 0.15) is 6.61 Å². The quantitative estimate of drug-likeness (QED) is 0.672. The average molecular weight is 418 g/mol. The van der Waals surface area contributed by atoms with Crippen molar-refractivity contribution in [3.63, 3.8) is 0 Å². The Hall–Kier alpha value is -2.34. The molecule has 136 valence electrons. The monoisotopic (exact) mass is 417 g/mol. The zero-order valence-corrected chi connectivity index (χ0v) is 16.1. The number of nitrogens with zero attached hydrogens (tertiary/aromatic N) is 1.